The van der Waals surface area contributed by atoms with Crippen LogP contribution in [0.25, 0.3) is 10.7 Å². The molecule has 1 amide bonds. The highest BCUT2D eigenvalue weighted by molar-refractivity contribution is 8.00. The molecule has 9 heteroatoms. The first-order chi connectivity index (χ1) is 13.7. The standard InChI is InChI=1S/C19H16ClN5OS2/c1-2-9-21-16(26)11-15-17(12-5-7-13(20)8-6-12)24-25-18(14-4-3-10-27-14)22-23-19(25)28-15/h2-8,10,15H,1,9,11H2,(H,21,26). The van der Waals surface area contributed by atoms with E-state index >= 15 is 0 Å². The average Bonchev–Trinajstić information content (AvgIpc) is 3.35. The quantitative estimate of drug-likeness (QED) is 0.599. The average molecular weight is 430 g/mol. The fourth-order valence-electron chi connectivity index (χ4n) is 2.77. The van der Waals surface area contributed by atoms with Crippen LogP contribution in [0, 0.1) is 0 Å². The molecule has 0 saturated carbocycles. The lowest BCUT2D eigenvalue weighted by molar-refractivity contribution is -0.120. The van der Waals surface area contributed by atoms with E-state index in [1.165, 1.54) is 11.8 Å². The Morgan fingerprint density at radius 1 is 1.29 bits per heavy atom. The van der Waals surface area contributed by atoms with Crippen molar-refractivity contribution < 1.29 is 4.79 Å². The predicted molar refractivity (Wildman–Crippen MR) is 114 cm³/mol. The third-order valence-electron chi connectivity index (χ3n) is 4.07. The summed E-state index contributed by atoms with van der Waals surface area (Å²) in [5.41, 5.74) is 1.70. The largest absolute Gasteiger partial charge is 0.353 e. The van der Waals surface area contributed by atoms with Crippen molar-refractivity contribution in [1.29, 1.82) is 0 Å². The second kappa shape index (κ2) is 8.30. The highest BCUT2D eigenvalue weighted by Crippen LogP contribution is 2.35. The van der Waals surface area contributed by atoms with Gasteiger partial charge in [0.25, 0.3) is 0 Å². The van der Waals surface area contributed by atoms with Crippen molar-refractivity contribution >= 4 is 46.3 Å². The summed E-state index contributed by atoms with van der Waals surface area (Å²) < 4.78 is 1.75. The van der Waals surface area contributed by atoms with Gasteiger partial charge >= 0.3 is 0 Å². The number of hydrogen-bond donors (Lipinski definition) is 1. The van der Waals surface area contributed by atoms with Gasteiger partial charge in [0.2, 0.25) is 11.1 Å². The van der Waals surface area contributed by atoms with Crippen LogP contribution < -0.4 is 5.32 Å². The van der Waals surface area contributed by atoms with Crippen molar-refractivity contribution in [2.75, 3.05) is 6.54 Å². The molecule has 1 aliphatic heterocycles. The first-order valence-electron chi connectivity index (χ1n) is 8.54. The minimum atomic E-state index is -0.182. The normalized spacial score (nSPS) is 15.6. The maximum atomic E-state index is 12.3. The number of hydrogen-bond acceptors (Lipinski definition) is 6. The van der Waals surface area contributed by atoms with Gasteiger partial charge < -0.3 is 5.32 Å². The Balaban J connectivity index is 1.72. The van der Waals surface area contributed by atoms with Gasteiger partial charge in [0, 0.05) is 18.0 Å². The number of thiophene rings is 1. The molecule has 3 heterocycles. The Bertz CT molecular complexity index is 1030. The summed E-state index contributed by atoms with van der Waals surface area (Å²) in [6.45, 7) is 4.06. The summed E-state index contributed by atoms with van der Waals surface area (Å²) >= 11 is 9.11. The van der Waals surface area contributed by atoms with E-state index in [0.717, 1.165) is 16.2 Å². The Labute approximate surface area is 175 Å². The number of carbonyl (C=O) groups excluding carboxylic acids is 1. The van der Waals surface area contributed by atoms with Gasteiger partial charge in [0.05, 0.1) is 15.8 Å². The Kier molecular flexibility index (Phi) is 5.61. The first-order valence-corrected chi connectivity index (χ1v) is 10.7. The maximum Gasteiger partial charge on any atom is 0.221 e. The van der Waals surface area contributed by atoms with Gasteiger partial charge in [-0.15, -0.1) is 28.1 Å². The molecule has 1 aliphatic rings. The smallest absolute Gasteiger partial charge is 0.221 e. The van der Waals surface area contributed by atoms with E-state index in [4.69, 9.17) is 16.7 Å². The Hall–Kier alpha value is -2.42. The lowest BCUT2D eigenvalue weighted by Crippen LogP contribution is -2.32. The number of aromatic nitrogens is 3. The highest BCUT2D eigenvalue weighted by atomic mass is 35.5. The van der Waals surface area contributed by atoms with E-state index in [1.807, 2.05) is 41.8 Å². The van der Waals surface area contributed by atoms with E-state index in [-0.39, 0.29) is 17.6 Å². The van der Waals surface area contributed by atoms with Gasteiger partial charge in [-0.1, -0.05) is 47.6 Å². The molecule has 0 spiro atoms. The lowest BCUT2D eigenvalue weighted by Gasteiger charge is -2.22. The van der Waals surface area contributed by atoms with E-state index in [1.54, 1.807) is 22.1 Å². The summed E-state index contributed by atoms with van der Waals surface area (Å²) in [7, 11) is 0. The molecule has 1 N–H and O–H groups in total. The molecule has 6 nitrogen and oxygen atoms in total. The van der Waals surface area contributed by atoms with E-state index in [9.17, 15) is 4.79 Å². The van der Waals surface area contributed by atoms with E-state index in [0.29, 0.717) is 22.5 Å². The van der Waals surface area contributed by atoms with Gasteiger partial charge in [-0.25, -0.2) is 0 Å². The van der Waals surface area contributed by atoms with Crippen LogP contribution in [0.15, 0.2) is 64.7 Å². The molecule has 142 valence electrons. The van der Waals surface area contributed by atoms with Crippen LogP contribution in [0.5, 0.6) is 0 Å². The van der Waals surface area contributed by atoms with Crippen molar-refractivity contribution in [3.63, 3.8) is 0 Å². The molecule has 28 heavy (non-hydrogen) atoms. The number of halogens is 1. The predicted octanol–water partition coefficient (Wildman–Crippen LogP) is 4.08. The summed E-state index contributed by atoms with van der Waals surface area (Å²) in [6.07, 6.45) is 1.94. The number of nitrogens with zero attached hydrogens (tertiary/aromatic N) is 4. The SMILES string of the molecule is C=CCNC(=O)CC1Sc2nnc(-c3cccs3)n2N=C1c1ccc(Cl)cc1. The summed E-state index contributed by atoms with van der Waals surface area (Å²) in [5.74, 6) is 0.629. The molecule has 3 aromatic rings. The van der Waals surface area contributed by atoms with E-state index in [2.05, 4.69) is 22.1 Å². The van der Waals surface area contributed by atoms with Gasteiger partial charge in [-0.3, -0.25) is 4.79 Å². The highest BCUT2D eigenvalue weighted by Gasteiger charge is 2.31. The van der Waals surface area contributed by atoms with Crippen LogP contribution in [0.3, 0.4) is 0 Å². The number of rotatable bonds is 6. The first kappa shape index (κ1) is 18.9. The number of carbonyl (C=O) groups is 1. The zero-order chi connectivity index (χ0) is 19.5. The van der Waals surface area contributed by atoms with Gasteiger partial charge in [-0.2, -0.15) is 9.78 Å². The Morgan fingerprint density at radius 3 is 2.82 bits per heavy atom. The molecule has 0 aliphatic carbocycles. The number of thioether (sulfide) groups is 1. The maximum absolute atomic E-state index is 12.3. The minimum absolute atomic E-state index is 0.0643. The molecular weight excluding hydrogens is 414 g/mol. The molecule has 4 rings (SSSR count). The van der Waals surface area contributed by atoms with Crippen LogP contribution in [0.2, 0.25) is 5.02 Å². The zero-order valence-corrected chi connectivity index (χ0v) is 17.1. The van der Waals surface area contributed by atoms with Crippen molar-refractivity contribution in [1.82, 2.24) is 20.2 Å². The van der Waals surface area contributed by atoms with E-state index < -0.39 is 0 Å². The van der Waals surface area contributed by atoms with Gasteiger partial charge in [0.1, 0.15) is 0 Å². The van der Waals surface area contributed by atoms with Crippen LogP contribution in [-0.2, 0) is 4.79 Å². The number of amides is 1. The van der Waals surface area contributed by atoms with Crippen LogP contribution in [-0.4, -0.2) is 38.3 Å². The summed E-state index contributed by atoms with van der Waals surface area (Å²) in [5, 5.41) is 19.4. The summed E-state index contributed by atoms with van der Waals surface area (Å²) in [4.78, 5) is 13.3. The molecule has 2 aromatic heterocycles. The third-order valence-corrected chi connectivity index (χ3v) is 6.33. The Morgan fingerprint density at radius 2 is 2.11 bits per heavy atom. The number of nitrogens with one attached hydrogen (secondary N) is 1. The molecule has 0 bridgehead atoms. The lowest BCUT2D eigenvalue weighted by atomic mass is 10.0. The molecule has 0 saturated heterocycles. The molecule has 1 aromatic carbocycles. The fourth-order valence-corrected chi connectivity index (χ4v) is 4.69. The minimum Gasteiger partial charge on any atom is -0.353 e. The molecule has 0 radical (unpaired) electrons. The number of fused-ring (bicyclic) bond motifs is 1. The zero-order valence-electron chi connectivity index (χ0n) is 14.7. The van der Waals surface area contributed by atoms with Crippen LogP contribution in [0.1, 0.15) is 12.0 Å². The number of benzene rings is 1. The molecule has 0 fully saturated rings. The van der Waals surface area contributed by atoms with Crippen molar-refractivity contribution in [3.05, 3.63) is 65.0 Å². The topological polar surface area (TPSA) is 72.2 Å². The summed E-state index contributed by atoms with van der Waals surface area (Å²) in [6, 6.07) is 11.4. The molecule has 1 atom stereocenters. The monoisotopic (exact) mass is 429 g/mol. The second-order valence-electron chi connectivity index (χ2n) is 5.99. The molecule has 1 unspecified atom stereocenters. The third kappa shape index (κ3) is 3.89. The van der Waals surface area contributed by atoms with Gasteiger partial charge in [0.15, 0.2) is 5.82 Å². The van der Waals surface area contributed by atoms with Crippen molar-refractivity contribution in [2.45, 2.75) is 16.8 Å². The van der Waals surface area contributed by atoms with Crippen molar-refractivity contribution in [2.24, 2.45) is 5.10 Å². The van der Waals surface area contributed by atoms with Crippen LogP contribution in [0.4, 0.5) is 0 Å². The van der Waals surface area contributed by atoms with Gasteiger partial charge in [-0.05, 0) is 29.1 Å². The fraction of sp³-hybridized carbons (Fsp3) is 0.158. The molecular formula is C19H16ClN5OS2. The second-order valence-corrected chi connectivity index (χ2v) is 8.54. The van der Waals surface area contributed by atoms with Crippen LogP contribution >= 0.6 is 34.7 Å². The van der Waals surface area contributed by atoms with Crippen molar-refractivity contribution in [3.8, 4) is 10.7 Å².